The summed E-state index contributed by atoms with van der Waals surface area (Å²) >= 11 is 12.0. The van der Waals surface area contributed by atoms with Gasteiger partial charge in [-0.3, -0.25) is 9.52 Å². The Bertz CT molecular complexity index is 1390. The monoisotopic (exact) mass is 505 g/mol. The van der Waals surface area contributed by atoms with Gasteiger partial charge in [0, 0.05) is 22.2 Å². The maximum atomic E-state index is 13.2. The van der Waals surface area contributed by atoms with Gasteiger partial charge in [-0.25, -0.2) is 8.42 Å². The Kier molecular flexibility index (Phi) is 7.68. The number of benzene rings is 2. The van der Waals surface area contributed by atoms with Gasteiger partial charge in [0.05, 0.1) is 18.8 Å². The minimum Gasteiger partial charge on any atom is -0.492 e. The third kappa shape index (κ3) is 5.68. The Morgan fingerprint density at radius 1 is 1.21 bits per heavy atom. The van der Waals surface area contributed by atoms with Crippen LogP contribution in [0, 0.1) is 0 Å². The van der Waals surface area contributed by atoms with E-state index in [1.54, 1.807) is 30.3 Å². The number of sulfonamides is 1. The summed E-state index contributed by atoms with van der Waals surface area (Å²) < 4.78 is 36.9. The number of rotatable bonds is 9. The molecule has 0 bridgehead atoms. The number of nitrogens with one attached hydrogen (secondary N) is 1. The summed E-state index contributed by atoms with van der Waals surface area (Å²) in [6, 6.07) is 12.3. The van der Waals surface area contributed by atoms with E-state index in [9.17, 15) is 13.2 Å². The second-order valence-electron chi connectivity index (χ2n) is 6.98. The number of halogens is 2. The van der Waals surface area contributed by atoms with Crippen LogP contribution in [0.2, 0.25) is 0 Å². The molecule has 1 N–H and O–H groups in total. The lowest BCUT2D eigenvalue weighted by molar-refractivity contribution is 0.101. The number of carbonyl (C=O) groups is 1. The van der Waals surface area contributed by atoms with Crippen LogP contribution in [-0.2, 0) is 10.0 Å². The maximum Gasteiger partial charge on any atom is 0.233 e. The summed E-state index contributed by atoms with van der Waals surface area (Å²) in [5, 5.41) is 0.777. The largest absolute Gasteiger partial charge is 0.492 e. The number of allylic oxidation sites excluding steroid dienone is 5. The summed E-state index contributed by atoms with van der Waals surface area (Å²) in [6.45, 7) is 3.63. The molecule has 33 heavy (non-hydrogen) atoms. The van der Waals surface area contributed by atoms with Crippen LogP contribution >= 0.6 is 23.2 Å². The van der Waals surface area contributed by atoms with Crippen LogP contribution in [0.1, 0.15) is 10.6 Å². The number of furan rings is 1. The van der Waals surface area contributed by atoms with Gasteiger partial charge in [-0.1, -0.05) is 54.6 Å². The fraction of sp³-hybridized carbons (Fsp3) is 0.125. The van der Waals surface area contributed by atoms with Gasteiger partial charge >= 0.3 is 0 Å². The van der Waals surface area contributed by atoms with E-state index in [2.05, 4.69) is 11.3 Å². The SMILES string of the molecule is C=CC=C(C(=O)c1oc2cc(-c3cccc(NS(C)(=O)=O)c3)ccc2c1OC)C(Cl)=CCCl. The third-order valence-electron chi connectivity index (χ3n) is 4.60. The van der Waals surface area contributed by atoms with Crippen LogP contribution in [0.15, 0.2) is 82.3 Å². The number of ketones is 1. The molecule has 0 radical (unpaired) electrons. The molecule has 0 atom stereocenters. The first-order valence-corrected chi connectivity index (χ1v) is 12.5. The van der Waals surface area contributed by atoms with Crippen molar-refractivity contribution in [2.75, 3.05) is 24.0 Å². The van der Waals surface area contributed by atoms with E-state index >= 15 is 0 Å². The van der Waals surface area contributed by atoms with Crippen LogP contribution in [0.3, 0.4) is 0 Å². The summed E-state index contributed by atoms with van der Waals surface area (Å²) in [5.41, 5.74) is 2.54. The number of alkyl halides is 1. The molecule has 0 fully saturated rings. The highest BCUT2D eigenvalue weighted by Gasteiger charge is 2.26. The van der Waals surface area contributed by atoms with Crippen molar-refractivity contribution in [3.63, 3.8) is 0 Å². The number of methoxy groups -OCH3 is 1. The molecule has 0 aliphatic carbocycles. The van der Waals surface area contributed by atoms with Gasteiger partial charge in [-0.2, -0.15) is 0 Å². The molecule has 9 heteroatoms. The van der Waals surface area contributed by atoms with E-state index in [4.69, 9.17) is 32.4 Å². The van der Waals surface area contributed by atoms with Crippen molar-refractivity contribution in [2.24, 2.45) is 0 Å². The summed E-state index contributed by atoms with van der Waals surface area (Å²) in [4.78, 5) is 13.2. The van der Waals surface area contributed by atoms with Crippen molar-refractivity contribution in [3.05, 3.63) is 83.6 Å². The van der Waals surface area contributed by atoms with Crippen LogP contribution in [0.4, 0.5) is 5.69 Å². The molecule has 0 saturated heterocycles. The van der Waals surface area contributed by atoms with Crippen LogP contribution in [-0.4, -0.2) is 33.4 Å². The Morgan fingerprint density at radius 3 is 2.58 bits per heavy atom. The maximum absolute atomic E-state index is 13.2. The average Bonchev–Trinajstić information content (AvgIpc) is 3.14. The molecule has 0 unspecified atom stereocenters. The van der Waals surface area contributed by atoms with Crippen molar-refractivity contribution >= 4 is 55.7 Å². The van der Waals surface area contributed by atoms with E-state index < -0.39 is 15.8 Å². The predicted octanol–water partition coefficient (Wildman–Crippen LogP) is 6.14. The van der Waals surface area contributed by atoms with Crippen LogP contribution in [0.25, 0.3) is 22.1 Å². The number of anilines is 1. The number of hydrogen-bond donors (Lipinski definition) is 1. The lowest BCUT2D eigenvalue weighted by Gasteiger charge is -2.07. The third-order valence-corrected chi connectivity index (χ3v) is 5.72. The molecular weight excluding hydrogens is 485 g/mol. The minimum atomic E-state index is -3.41. The van der Waals surface area contributed by atoms with Crippen molar-refractivity contribution in [2.45, 2.75) is 0 Å². The Balaban J connectivity index is 2.09. The highest BCUT2D eigenvalue weighted by Crippen LogP contribution is 2.38. The van der Waals surface area contributed by atoms with E-state index in [-0.39, 0.29) is 28.0 Å². The second-order valence-corrected chi connectivity index (χ2v) is 9.45. The first kappa shape index (κ1) is 24.6. The standard InChI is InChI=1S/C24H21Cl2NO5S/c1-4-6-18(20(26)11-12-25)22(28)24-23(31-2)19-10-9-16(14-21(19)32-24)15-7-5-8-17(13-15)27-33(3,29)30/h4-11,13-14,27H,1,12H2,2-3H3. The molecule has 1 heterocycles. The van der Waals surface area contributed by atoms with Crippen molar-refractivity contribution in [3.8, 4) is 16.9 Å². The summed E-state index contributed by atoms with van der Waals surface area (Å²) in [5.74, 6) is -0.0741. The van der Waals surface area contributed by atoms with Gasteiger partial charge in [0.15, 0.2) is 5.75 Å². The molecule has 3 aromatic rings. The minimum absolute atomic E-state index is 0.00799. The molecule has 0 aliphatic rings. The van der Waals surface area contributed by atoms with Gasteiger partial charge in [0.2, 0.25) is 21.6 Å². The van der Waals surface area contributed by atoms with Crippen molar-refractivity contribution < 1.29 is 22.4 Å². The first-order chi connectivity index (χ1) is 15.7. The highest BCUT2D eigenvalue weighted by atomic mass is 35.5. The number of hydrogen-bond acceptors (Lipinski definition) is 5. The van der Waals surface area contributed by atoms with Crippen LogP contribution < -0.4 is 9.46 Å². The molecule has 6 nitrogen and oxygen atoms in total. The topological polar surface area (TPSA) is 85.6 Å². The number of ether oxygens (including phenoxy) is 1. The molecule has 2 aromatic carbocycles. The van der Waals surface area contributed by atoms with Crippen molar-refractivity contribution in [1.82, 2.24) is 0 Å². The fourth-order valence-corrected chi connectivity index (χ4v) is 4.28. The van der Waals surface area contributed by atoms with E-state index in [1.165, 1.54) is 25.3 Å². The van der Waals surface area contributed by atoms with E-state index in [0.29, 0.717) is 16.7 Å². The number of fused-ring (bicyclic) bond motifs is 1. The van der Waals surface area contributed by atoms with Gasteiger partial charge in [-0.05, 0) is 35.4 Å². The molecule has 0 amide bonds. The van der Waals surface area contributed by atoms with E-state index in [1.807, 2.05) is 12.1 Å². The van der Waals surface area contributed by atoms with Crippen LogP contribution in [0.5, 0.6) is 5.75 Å². The zero-order valence-corrected chi connectivity index (χ0v) is 20.2. The molecule has 172 valence electrons. The molecule has 0 aliphatic heterocycles. The normalized spacial score (nSPS) is 12.6. The number of Topliss-reactive ketones (excluding diaryl/α,β-unsaturated/α-hetero) is 1. The van der Waals surface area contributed by atoms with Gasteiger partial charge in [0.25, 0.3) is 0 Å². The first-order valence-electron chi connectivity index (χ1n) is 9.66. The smallest absolute Gasteiger partial charge is 0.233 e. The van der Waals surface area contributed by atoms with Crippen molar-refractivity contribution in [1.29, 1.82) is 0 Å². The molecule has 0 spiro atoms. The predicted molar refractivity (Wildman–Crippen MR) is 134 cm³/mol. The quantitative estimate of drug-likeness (QED) is 0.163. The van der Waals surface area contributed by atoms with Gasteiger partial charge in [0.1, 0.15) is 5.58 Å². The van der Waals surface area contributed by atoms with E-state index in [0.717, 1.165) is 17.4 Å². The molecule has 1 aromatic heterocycles. The summed E-state index contributed by atoms with van der Waals surface area (Å²) in [7, 11) is -1.96. The van der Waals surface area contributed by atoms with Gasteiger partial charge < -0.3 is 9.15 Å². The highest BCUT2D eigenvalue weighted by molar-refractivity contribution is 7.92. The zero-order chi connectivity index (χ0) is 24.2. The molecule has 3 rings (SSSR count). The molecule has 0 saturated carbocycles. The zero-order valence-electron chi connectivity index (χ0n) is 17.9. The average molecular weight is 506 g/mol. The lowest BCUT2D eigenvalue weighted by atomic mass is 10.0. The Labute approximate surface area is 202 Å². The molecular formula is C24H21Cl2NO5S. The Morgan fingerprint density at radius 2 is 1.94 bits per heavy atom. The fourth-order valence-electron chi connectivity index (χ4n) is 3.26. The Hall–Kier alpha value is -3.00. The second kappa shape index (κ2) is 10.3. The lowest BCUT2D eigenvalue weighted by Crippen LogP contribution is -2.09. The number of carbonyl (C=O) groups excluding carboxylic acids is 1. The summed E-state index contributed by atoms with van der Waals surface area (Å²) in [6.07, 6.45) is 5.51. The van der Waals surface area contributed by atoms with Gasteiger partial charge in [-0.15, -0.1) is 11.6 Å².